The molecule has 2 atom stereocenters. The zero-order chi connectivity index (χ0) is 15.7. The molecule has 2 aromatic rings. The highest BCUT2D eigenvalue weighted by molar-refractivity contribution is 6.06. The number of carbonyl (C=O) groups excluding carboxylic acids is 2. The summed E-state index contributed by atoms with van der Waals surface area (Å²) in [6.07, 6.45) is 6.58. The average molecular weight is 301 g/mol. The molecule has 116 valence electrons. The second kappa shape index (κ2) is 5.67. The Morgan fingerprint density at radius 3 is 2.86 bits per heavy atom. The van der Waals surface area contributed by atoms with E-state index in [-0.39, 0.29) is 17.9 Å². The quantitative estimate of drug-likeness (QED) is 0.674. The van der Waals surface area contributed by atoms with Crippen molar-refractivity contribution in [3.63, 3.8) is 0 Å². The molecule has 1 aliphatic carbocycles. The smallest absolute Gasteiger partial charge is 0.252 e. The van der Waals surface area contributed by atoms with Crippen molar-refractivity contribution in [1.82, 2.24) is 9.97 Å². The maximum absolute atomic E-state index is 11.7. The Morgan fingerprint density at radius 1 is 1.32 bits per heavy atom. The summed E-state index contributed by atoms with van der Waals surface area (Å²) in [6, 6.07) is 1.94. The first kappa shape index (κ1) is 14.4. The van der Waals surface area contributed by atoms with Crippen LogP contribution in [0.1, 0.15) is 36.0 Å². The molecule has 7 nitrogen and oxygen atoms in total. The summed E-state index contributed by atoms with van der Waals surface area (Å²) in [7, 11) is 0. The lowest BCUT2D eigenvalue weighted by molar-refractivity contribution is -0.122. The van der Waals surface area contributed by atoms with E-state index in [2.05, 4.69) is 15.3 Å². The van der Waals surface area contributed by atoms with Crippen molar-refractivity contribution in [3.05, 3.63) is 24.0 Å². The highest BCUT2D eigenvalue weighted by Crippen LogP contribution is 2.31. The molecule has 7 heteroatoms. The SMILES string of the molecule is NC(=O)c1cnc2[nH]ccc2c1N[C@@H]1CCC[C@@H](C(N)=O)C1. The predicted molar refractivity (Wildman–Crippen MR) is 83.2 cm³/mol. The number of nitrogens with one attached hydrogen (secondary N) is 2. The van der Waals surface area contributed by atoms with Gasteiger partial charge in [-0.25, -0.2) is 4.98 Å². The van der Waals surface area contributed by atoms with E-state index in [4.69, 9.17) is 11.5 Å². The molecule has 3 rings (SSSR count). The Bertz CT molecular complexity index is 724. The fraction of sp³-hybridized carbons (Fsp3) is 0.400. The lowest BCUT2D eigenvalue weighted by atomic mass is 9.85. The second-order valence-electron chi connectivity index (χ2n) is 5.76. The summed E-state index contributed by atoms with van der Waals surface area (Å²) in [6.45, 7) is 0. The van der Waals surface area contributed by atoms with Crippen molar-refractivity contribution in [3.8, 4) is 0 Å². The van der Waals surface area contributed by atoms with E-state index in [9.17, 15) is 9.59 Å². The van der Waals surface area contributed by atoms with Crippen LogP contribution in [0, 0.1) is 5.92 Å². The third-order valence-corrected chi connectivity index (χ3v) is 4.28. The van der Waals surface area contributed by atoms with Crippen LogP contribution >= 0.6 is 0 Å². The lowest BCUT2D eigenvalue weighted by Crippen LogP contribution is -2.34. The first-order valence-electron chi connectivity index (χ1n) is 7.38. The van der Waals surface area contributed by atoms with Gasteiger partial charge in [0, 0.05) is 29.7 Å². The first-order valence-corrected chi connectivity index (χ1v) is 7.38. The van der Waals surface area contributed by atoms with Crippen LogP contribution in [-0.4, -0.2) is 27.8 Å². The van der Waals surface area contributed by atoms with Gasteiger partial charge in [-0.15, -0.1) is 0 Å². The number of H-pyrrole nitrogens is 1. The van der Waals surface area contributed by atoms with Crippen LogP contribution in [0.5, 0.6) is 0 Å². The van der Waals surface area contributed by atoms with Crippen molar-refractivity contribution in [1.29, 1.82) is 0 Å². The van der Waals surface area contributed by atoms with Crippen molar-refractivity contribution in [2.24, 2.45) is 17.4 Å². The van der Waals surface area contributed by atoms with Gasteiger partial charge in [-0.1, -0.05) is 6.42 Å². The van der Waals surface area contributed by atoms with E-state index >= 15 is 0 Å². The van der Waals surface area contributed by atoms with Crippen molar-refractivity contribution >= 4 is 28.5 Å². The number of pyridine rings is 1. The maximum atomic E-state index is 11.7. The van der Waals surface area contributed by atoms with Gasteiger partial charge >= 0.3 is 0 Å². The maximum Gasteiger partial charge on any atom is 0.252 e. The highest BCUT2D eigenvalue weighted by Gasteiger charge is 2.27. The van der Waals surface area contributed by atoms with E-state index < -0.39 is 5.91 Å². The van der Waals surface area contributed by atoms with Gasteiger partial charge in [0.15, 0.2) is 0 Å². The van der Waals surface area contributed by atoms with Gasteiger partial charge in [0.1, 0.15) is 5.65 Å². The van der Waals surface area contributed by atoms with Crippen LogP contribution < -0.4 is 16.8 Å². The van der Waals surface area contributed by atoms with E-state index in [0.717, 1.165) is 24.6 Å². The summed E-state index contributed by atoms with van der Waals surface area (Å²) >= 11 is 0. The van der Waals surface area contributed by atoms with Crippen molar-refractivity contribution in [2.75, 3.05) is 5.32 Å². The van der Waals surface area contributed by atoms with Crippen LogP contribution in [0.2, 0.25) is 0 Å². The Hall–Kier alpha value is -2.57. The first-order chi connectivity index (χ1) is 10.6. The normalized spacial score (nSPS) is 21.6. The molecule has 0 unspecified atom stereocenters. The Kier molecular flexibility index (Phi) is 3.70. The third-order valence-electron chi connectivity index (χ3n) is 4.28. The molecule has 0 aliphatic heterocycles. The highest BCUT2D eigenvalue weighted by atomic mass is 16.1. The number of nitrogens with zero attached hydrogens (tertiary/aromatic N) is 1. The van der Waals surface area contributed by atoms with Gasteiger partial charge in [-0.05, 0) is 25.3 Å². The number of anilines is 1. The van der Waals surface area contributed by atoms with Gasteiger partial charge in [0.25, 0.3) is 5.91 Å². The molecule has 6 N–H and O–H groups in total. The minimum Gasteiger partial charge on any atom is -0.381 e. The Morgan fingerprint density at radius 2 is 2.14 bits per heavy atom. The largest absolute Gasteiger partial charge is 0.381 e. The minimum atomic E-state index is -0.527. The molecule has 0 aromatic carbocycles. The molecule has 0 spiro atoms. The number of rotatable bonds is 4. The third kappa shape index (κ3) is 2.61. The van der Waals surface area contributed by atoms with Crippen LogP contribution in [-0.2, 0) is 4.79 Å². The monoisotopic (exact) mass is 301 g/mol. The number of amides is 2. The van der Waals surface area contributed by atoms with Gasteiger partial charge in [-0.2, -0.15) is 0 Å². The minimum absolute atomic E-state index is 0.0878. The molecule has 22 heavy (non-hydrogen) atoms. The van der Waals surface area contributed by atoms with Gasteiger partial charge in [0.2, 0.25) is 5.91 Å². The molecule has 2 aromatic heterocycles. The van der Waals surface area contributed by atoms with Gasteiger partial charge in [0.05, 0.1) is 11.3 Å². The molecular weight excluding hydrogens is 282 g/mol. The Balaban J connectivity index is 1.92. The molecular formula is C15H19N5O2. The number of primary amides is 2. The van der Waals surface area contributed by atoms with Crippen LogP contribution in [0.4, 0.5) is 5.69 Å². The second-order valence-corrected chi connectivity index (χ2v) is 5.76. The zero-order valence-corrected chi connectivity index (χ0v) is 12.1. The number of fused-ring (bicyclic) bond motifs is 1. The van der Waals surface area contributed by atoms with Crippen LogP contribution in [0.25, 0.3) is 11.0 Å². The number of hydrogen-bond acceptors (Lipinski definition) is 4. The standard InChI is InChI=1S/C15H19N5O2/c16-13(21)8-2-1-3-9(6-8)20-12-10-4-5-18-15(10)19-7-11(12)14(17)22/h4-5,7-9H,1-3,6H2,(H2,16,21)(H2,17,22)(H2,18,19,20)/t8-,9-/m1/s1. The molecule has 1 saturated carbocycles. The average Bonchev–Trinajstić information content (AvgIpc) is 2.96. The van der Waals surface area contributed by atoms with Gasteiger partial charge in [-0.3, -0.25) is 9.59 Å². The van der Waals surface area contributed by atoms with E-state index in [1.165, 1.54) is 6.20 Å². The summed E-state index contributed by atoms with van der Waals surface area (Å²) in [5.41, 5.74) is 12.6. The van der Waals surface area contributed by atoms with E-state index in [0.29, 0.717) is 23.3 Å². The molecule has 2 amide bonds. The molecule has 0 saturated heterocycles. The van der Waals surface area contributed by atoms with Gasteiger partial charge < -0.3 is 21.8 Å². The zero-order valence-electron chi connectivity index (χ0n) is 12.1. The number of nitrogens with two attached hydrogens (primary N) is 2. The van der Waals surface area contributed by atoms with Crippen molar-refractivity contribution in [2.45, 2.75) is 31.7 Å². The topological polar surface area (TPSA) is 127 Å². The fourth-order valence-corrected chi connectivity index (χ4v) is 3.13. The summed E-state index contributed by atoms with van der Waals surface area (Å²) < 4.78 is 0. The lowest BCUT2D eigenvalue weighted by Gasteiger charge is -2.29. The number of carbonyl (C=O) groups is 2. The van der Waals surface area contributed by atoms with E-state index in [1.54, 1.807) is 6.20 Å². The molecule has 1 aliphatic rings. The van der Waals surface area contributed by atoms with Crippen LogP contribution in [0.3, 0.4) is 0 Å². The Labute approximate surface area is 127 Å². The predicted octanol–water partition coefficient (Wildman–Crippen LogP) is 1.12. The fourth-order valence-electron chi connectivity index (χ4n) is 3.13. The number of aromatic nitrogens is 2. The summed E-state index contributed by atoms with van der Waals surface area (Å²) in [5, 5.41) is 4.19. The van der Waals surface area contributed by atoms with Crippen molar-refractivity contribution < 1.29 is 9.59 Å². The molecule has 1 fully saturated rings. The summed E-state index contributed by atoms with van der Waals surface area (Å²) in [4.78, 5) is 30.3. The number of hydrogen-bond donors (Lipinski definition) is 4. The number of aromatic amines is 1. The van der Waals surface area contributed by atoms with E-state index in [1.807, 2.05) is 6.07 Å². The molecule has 0 bridgehead atoms. The van der Waals surface area contributed by atoms with Crippen LogP contribution in [0.15, 0.2) is 18.5 Å². The molecule has 0 radical (unpaired) electrons. The summed E-state index contributed by atoms with van der Waals surface area (Å²) in [5.74, 6) is -0.907. The molecule has 2 heterocycles.